The molecular weight excluding hydrogens is 387 g/mol. The van der Waals surface area contributed by atoms with Gasteiger partial charge in [0.2, 0.25) is 11.8 Å². The molecule has 0 aliphatic carbocycles. The van der Waals surface area contributed by atoms with Crippen molar-refractivity contribution in [1.29, 1.82) is 0 Å². The number of nitrogens with zero attached hydrogens (tertiary/aromatic N) is 1. The third kappa shape index (κ3) is 7.54. The third-order valence-electron chi connectivity index (χ3n) is 4.57. The van der Waals surface area contributed by atoms with Crippen LogP contribution in [0.4, 0.5) is 4.39 Å². The van der Waals surface area contributed by atoms with E-state index in [0.717, 1.165) is 11.3 Å². The Morgan fingerprint density at radius 2 is 1.72 bits per heavy atom. The molecule has 0 aromatic heterocycles. The van der Waals surface area contributed by atoms with Crippen molar-refractivity contribution in [2.75, 3.05) is 12.3 Å². The fraction of sp³-hybridized carbons (Fsp3) is 0.391. The summed E-state index contributed by atoms with van der Waals surface area (Å²) in [5, 5.41) is 2.82. The lowest BCUT2D eigenvalue weighted by molar-refractivity contribution is -0.141. The first kappa shape index (κ1) is 22.9. The highest BCUT2D eigenvalue weighted by atomic mass is 32.2. The van der Waals surface area contributed by atoms with Crippen LogP contribution < -0.4 is 5.32 Å². The second-order valence-corrected chi connectivity index (χ2v) is 7.86. The molecule has 0 saturated carbocycles. The molecule has 29 heavy (non-hydrogen) atoms. The van der Waals surface area contributed by atoms with Gasteiger partial charge in [-0.1, -0.05) is 49.4 Å². The minimum absolute atomic E-state index is 0.0620. The molecule has 4 nitrogen and oxygen atoms in total. The van der Waals surface area contributed by atoms with Crippen LogP contribution in [0.1, 0.15) is 37.8 Å². The summed E-state index contributed by atoms with van der Waals surface area (Å²) in [7, 11) is 0. The summed E-state index contributed by atoms with van der Waals surface area (Å²) < 4.78 is 13.2. The smallest absolute Gasteiger partial charge is 0.242 e. The van der Waals surface area contributed by atoms with E-state index in [4.69, 9.17) is 0 Å². The number of nitrogens with one attached hydrogen (secondary N) is 1. The molecule has 2 aromatic carbocycles. The summed E-state index contributed by atoms with van der Waals surface area (Å²) >= 11 is 1.70. The third-order valence-corrected chi connectivity index (χ3v) is 5.61. The lowest BCUT2D eigenvalue weighted by Gasteiger charge is -2.30. The number of benzene rings is 2. The highest BCUT2D eigenvalue weighted by Gasteiger charge is 2.27. The molecule has 0 aliphatic rings. The second kappa shape index (κ2) is 12.3. The van der Waals surface area contributed by atoms with Crippen LogP contribution in [0.15, 0.2) is 54.6 Å². The average Bonchev–Trinajstić information content (AvgIpc) is 2.73. The van der Waals surface area contributed by atoms with Crippen molar-refractivity contribution in [3.05, 3.63) is 71.5 Å². The van der Waals surface area contributed by atoms with Gasteiger partial charge >= 0.3 is 0 Å². The Kier molecular flexibility index (Phi) is 9.71. The molecule has 0 spiro atoms. The predicted molar refractivity (Wildman–Crippen MR) is 117 cm³/mol. The van der Waals surface area contributed by atoms with Crippen LogP contribution in [-0.4, -0.2) is 35.1 Å². The van der Waals surface area contributed by atoms with Gasteiger partial charge in [-0.15, -0.1) is 0 Å². The van der Waals surface area contributed by atoms with Crippen molar-refractivity contribution < 1.29 is 14.0 Å². The number of carbonyl (C=O) groups excluding carboxylic acids is 2. The van der Waals surface area contributed by atoms with Crippen LogP contribution in [0, 0.1) is 5.82 Å². The molecule has 0 bridgehead atoms. The van der Waals surface area contributed by atoms with Crippen LogP contribution in [-0.2, 0) is 21.9 Å². The SMILES string of the molecule is CCNC(=O)[C@@H](CC)N(Cc1ccc(F)cc1)C(=O)CCSCc1ccccc1. The summed E-state index contributed by atoms with van der Waals surface area (Å²) in [6, 6.07) is 15.7. The van der Waals surface area contributed by atoms with E-state index >= 15 is 0 Å². The average molecular weight is 417 g/mol. The number of likely N-dealkylation sites (N-methyl/N-ethyl adjacent to an activating group) is 1. The maximum absolute atomic E-state index is 13.2. The van der Waals surface area contributed by atoms with E-state index in [2.05, 4.69) is 17.4 Å². The number of carbonyl (C=O) groups is 2. The van der Waals surface area contributed by atoms with Crippen molar-refractivity contribution in [3.8, 4) is 0 Å². The van der Waals surface area contributed by atoms with Gasteiger partial charge in [-0.25, -0.2) is 4.39 Å². The zero-order chi connectivity index (χ0) is 21.1. The van der Waals surface area contributed by atoms with Crippen molar-refractivity contribution in [2.45, 2.75) is 45.0 Å². The molecule has 0 fully saturated rings. The zero-order valence-electron chi connectivity index (χ0n) is 17.1. The van der Waals surface area contributed by atoms with Crippen molar-refractivity contribution >= 4 is 23.6 Å². The number of amides is 2. The quantitative estimate of drug-likeness (QED) is 0.553. The highest BCUT2D eigenvalue weighted by molar-refractivity contribution is 7.98. The fourth-order valence-electron chi connectivity index (χ4n) is 3.07. The van der Waals surface area contributed by atoms with E-state index in [1.54, 1.807) is 28.8 Å². The Bertz CT molecular complexity index is 768. The lowest BCUT2D eigenvalue weighted by atomic mass is 10.1. The van der Waals surface area contributed by atoms with Crippen LogP contribution >= 0.6 is 11.8 Å². The standard InChI is InChI=1S/C23H29FN2O2S/c1-3-21(23(28)25-4-2)26(16-18-10-12-20(24)13-11-18)22(27)14-15-29-17-19-8-6-5-7-9-19/h5-13,21H,3-4,14-17H2,1-2H3,(H,25,28)/t21-/m1/s1. The van der Waals surface area contributed by atoms with Gasteiger partial charge in [0.1, 0.15) is 11.9 Å². The topological polar surface area (TPSA) is 49.4 Å². The summed E-state index contributed by atoms with van der Waals surface area (Å²) in [6.45, 7) is 4.56. The second-order valence-electron chi connectivity index (χ2n) is 6.75. The molecule has 0 unspecified atom stereocenters. The number of halogens is 1. The Balaban J connectivity index is 2.02. The van der Waals surface area contributed by atoms with Gasteiger partial charge in [0, 0.05) is 31.0 Å². The first-order valence-electron chi connectivity index (χ1n) is 9.98. The van der Waals surface area contributed by atoms with Gasteiger partial charge in [0.05, 0.1) is 0 Å². The molecule has 2 aromatic rings. The van der Waals surface area contributed by atoms with Crippen molar-refractivity contribution in [1.82, 2.24) is 10.2 Å². The fourth-order valence-corrected chi connectivity index (χ4v) is 3.96. The molecule has 0 heterocycles. The maximum atomic E-state index is 13.2. The Morgan fingerprint density at radius 1 is 1.03 bits per heavy atom. The monoisotopic (exact) mass is 416 g/mol. The molecule has 0 aliphatic heterocycles. The molecule has 1 atom stereocenters. The van der Waals surface area contributed by atoms with Crippen molar-refractivity contribution in [2.24, 2.45) is 0 Å². The van der Waals surface area contributed by atoms with Crippen LogP contribution in [0.25, 0.3) is 0 Å². The van der Waals surface area contributed by atoms with E-state index in [-0.39, 0.29) is 24.2 Å². The van der Waals surface area contributed by atoms with E-state index in [9.17, 15) is 14.0 Å². The Labute approximate surface area is 176 Å². The summed E-state index contributed by atoms with van der Waals surface area (Å²) in [5.74, 6) is 0.995. The number of rotatable bonds is 11. The first-order chi connectivity index (χ1) is 14.0. The van der Waals surface area contributed by atoms with E-state index in [0.29, 0.717) is 25.1 Å². The molecule has 2 amide bonds. The van der Waals surface area contributed by atoms with E-state index in [1.807, 2.05) is 32.0 Å². The number of hydrogen-bond donors (Lipinski definition) is 1. The van der Waals surface area contributed by atoms with Gasteiger partial charge in [-0.3, -0.25) is 9.59 Å². The van der Waals surface area contributed by atoms with E-state index < -0.39 is 6.04 Å². The van der Waals surface area contributed by atoms with Crippen LogP contribution in [0.5, 0.6) is 0 Å². The van der Waals surface area contributed by atoms with Gasteiger partial charge in [0.25, 0.3) is 0 Å². The molecule has 1 N–H and O–H groups in total. The highest BCUT2D eigenvalue weighted by Crippen LogP contribution is 2.17. The minimum atomic E-state index is -0.536. The molecular formula is C23H29FN2O2S. The maximum Gasteiger partial charge on any atom is 0.242 e. The number of hydrogen-bond acceptors (Lipinski definition) is 3. The van der Waals surface area contributed by atoms with Crippen molar-refractivity contribution in [3.63, 3.8) is 0 Å². The van der Waals surface area contributed by atoms with Gasteiger partial charge < -0.3 is 10.2 Å². The molecule has 0 saturated heterocycles. The summed E-state index contributed by atoms with van der Waals surface area (Å²) in [5.41, 5.74) is 2.03. The summed E-state index contributed by atoms with van der Waals surface area (Å²) in [6.07, 6.45) is 0.879. The Hall–Kier alpha value is -2.34. The normalized spacial score (nSPS) is 11.7. The summed E-state index contributed by atoms with van der Waals surface area (Å²) in [4.78, 5) is 27.1. The lowest BCUT2D eigenvalue weighted by Crippen LogP contribution is -2.49. The molecule has 6 heteroatoms. The first-order valence-corrected chi connectivity index (χ1v) is 11.1. The van der Waals surface area contributed by atoms with Gasteiger partial charge in [0.15, 0.2) is 0 Å². The van der Waals surface area contributed by atoms with Crippen LogP contribution in [0.2, 0.25) is 0 Å². The Morgan fingerprint density at radius 3 is 2.34 bits per heavy atom. The zero-order valence-corrected chi connectivity index (χ0v) is 17.9. The predicted octanol–water partition coefficient (Wildman–Crippen LogP) is 4.39. The molecule has 2 rings (SSSR count). The van der Waals surface area contributed by atoms with E-state index in [1.165, 1.54) is 17.7 Å². The minimum Gasteiger partial charge on any atom is -0.355 e. The van der Waals surface area contributed by atoms with Gasteiger partial charge in [-0.05, 0) is 36.6 Å². The van der Waals surface area contributed by atoms with Gasteiger partial charge in [-0.2, -0.15) is 11.8 Å². The largest absolute Gasteiger partial charge is 0.355 e. The van der Waals surface area contributed by atoms with Crippen LogP contribution in [0.3, 0.4) is 0 Å². The molecule has 156 valence electrons. The number of thioether (sulfide) groups is 1. The molecule has 0 radical (unpaired) electrons.